The fourth-order valence-electron chi connectivity index (χ4n) is 7.99. The van der Waals surface area contributed by atoms with Crippen LogP contribution in [-0.4, -0.2) is 15.0 Å². The van der Waals surface area contributed by atoms with Gasteiger partial charge in [0.2, 0.25) is 0 Å². The van der Waals surface area contributed by atoms with Crippen molar-refractivity contribution in [3.63, 3.8) is 0 Å². The summed E-state index contributed by atoms with van der Waals surface area (Å²) in [7, 11) is 0. The summed E-state index contributed by atoms with van der Waals surface area (Å²) in [4.78, 5) is 14.7. The molecular formula is C51H29N3S2. The van der Waals surface area contributed by atoms with Crippen LogP contribution in [-0.2, 0) is 0 Å². The lowest BCUT2D eigenvalue weighted by Crippen LogP contribution is -2.00. The van der Waals surface area contributed by atoms with Crippen molar-refractivity contribution in [3.8, 4) is 45.3 Å². The molecular weight excluding hydrogens is 719 g/mol. The minimum atomic E-state index is -0.276. The average molecular weight is 754 g/mol. The lowest BCUT2D eigenvalue weighted by Gasteiger charge is -2.12. The first-order valence-electron chi connectivity index (χ1n) is 21.3. The van der Waals surface area contributed by atoms with E-state index in [4.69, 9.17) is 16.3 Å². The first-order chi connectivity index (χ1) is 30.2. The van der Waals surface area contributed by atoms with Gasteiger partial charge in [-0.1, -0.05) is 152 Å². The smallest absolute Gasteiger partial charge is 0.164 e. The molecule has 0 unspecified atom stereocenters. The van der Waals surface area contributed by atoms with Crippen LogP contribution in [0.2, 0.25) is 0 Å². The number of nitrogens with zero attached hydrogens (tertiary/aromatic N) is 3. The van der Waals surface area contributed by atoms with E-state index in [9.17, 15) is 6.85 Å². The zero-order valence-corrected chi connectivity index (χ0v) is 31.1. The quantitative estimate of drug-likeness (QED) is 0.168. The second-order valence-corrected chi connectivity index (χ2v) is 15.9. The molecule has 0 atom stereocenters. The zero-order valence-electron chi connectivity index (χ0n) is 35.4. The molecule has 0 saturated carbocycles. The molecule has 3 aromatic heterocycles. The summed E-state index contributed by atoms with van der Waals surface area (Å²) in [6.07, 6.45) is 0. The molecule has 9 aromatic carbocycles. The van der Waals surface area contributed by atoms with Crippen LogP contribution in [0.1, 0.15) is 8.22 Å². The lowest BCUT2D eigenvalue weighted by atomic mass is 9.92. The van der Waals surface area contributed by atoms with Gasteiger partial charge in [-0.25, -0.2) is 15.0 Å². The maximum atomic E-state index is 9.75. The topological polar surface area (TPSA) is 38.7 Å². The SMILES string of the molecule is [2H]c1c([2H])c([2H])c2c(sc3c([2H])c(-c4nc(-c5ccccc5)nc(-c5ccc6c(c5)sc5ccccc56)n4)c([2H])c([2H])c32)c1-c1ccc2c3ccccc3c3ccccc3c2c1. The Labute approximate surface area is 338 Å². The van der Waals surface area contributed by atoms with Crippen LogP contribution in [0.4, 0.5) is 0 Å². The summed E-state index contributed by atoms with van der Waals surface area (Å²) in [6.45, 7) is 0. The third kappa shape index (κ3) is 4.92. The van der Waals surface area contributed by atoms with Gasteiger partial charge < -0.3 is 0 Å². The monoisotopic (exact) mass is 753 g/mol. The van der Waals surface area contributed by atoms with Gasteiger partial charge in [0.25, 0.3) is 0 Å². The van der Waals surface area contributed by atoms with Crippen molar-refractivity contribution in [2.24, 2.45) is 0 Å². The minimum absolute atomic E-state index is 0.0577. The Bertz CT molecular complexity index is 3870. The summed E-state index contributed by atoms with van der Waals surface area (Å²) in [5.41, 5.74) is 2.72. The van der Waals surface area contributed by atoms with Gasteiger partial charge in [-0.05, 0) is 67.7 Å². The van der Waals surface area contributed by atoms with E-state index in [-0.39, 0.29) is 53.0 Å². The van der Waals surface area contributed by atoms with E-state index < -0.39 is 0 Å². The Morgan fingerprint density at radius 1 is 0.357 bits per heavy atom. The third-order valence-electron chi connectivity index (χ3n) is 10.6. The highest BCUT2D eigenvalue weighted by atomic mass is 32.1. The molecule has 0 spiro atoms. The van der Waals surface area contributed by atoms with Crippen molar-refractivity contribution in [2.45, 2.75) is 0 Å². The molecule has 56 heavy (non-hydrogen) atoms. The van der Waals surface area contributed by atoms with Crippen LogP contribution in [0.25, 0.3) is 118 Å². The largest absolute Gasteiger partial charge is 0.208 e. The van der Waals surface area contributed by atoms with Crippen LogP contribution in [0.5, 0.6) is 0 Å². The second-order valence-electron chi connectivity index (χ2n) is 13.8. The number of aromatic nitrogens is 3. The Balaban J connectivity index is 1.10. The number of thiophene rings is 2. The molecule has 5 heteroatoms. The number of hydrogen-bond donors (Lipinski definition) is 0. The maximum Gasteiger partial charge on any atom is 0.164 e. The van der Waals surface area contributed by atoms with Crippen molar-refractivity contribution in [2.75, 3.05) is 0 Å². The van der Waals surface area contributed by atoms with Crippen LogP contribution in [0.3, 0.4) is 0 Å². The standard InChI is InChI=1S/C51H29N3S2/c1-2-11-30(12-3-1)49-52-50(32-22-25-41-40-17-8-9-20-45(40)55-46(41)28-32)54-51(53-49)33-23-26-42-43-19-10-18-34(48(43)56-47(42)29-33)31-21-24-39-37-15-5-4-13-35(37)36-14-6-7-16-38(36)44(39)27-31/h1-29H/i10D,18D,19D,23D,26D,29D. The van der Waals surface area contributed by atoms with Crippen LogP contribution in [0, 0.1) is 0 Å². The molecule has 12 rings (SSSR count). The van der Waals surface area contributed by atoms with Crippen molar-refractivity contribution in [1.29, 1.82) is 0 Å². The van der Waals surface area contributed by atoms with Gasteiger partial charge in [-0.3, -0.25) is 0 Å². The van der Waals surface area contributed by atoms with Crippen LogP contribution < -0.4 is 0 Å². The highest BCUT2D eigenvalue weighted by molar-refractivity contribution is 7.26. The van der Waals surface area contributed by atoms with Gasteiger partial charge in [0.05, 0.1) is 8.22 Å². The molecule has 0 amide bonds. The van der Waals surface area contributed by atoms with Crippen molar-refractivity contribution < 1.29 is 8.22 Å². The molecule has 3 nitrogen and oxygen atoms in total. The van der Waals surface area contributed by atoms with Gasteiger partial charge in [-0.15, -0.1) is 22.7 Å². The zero-order chi connectivity index (χ0) is 42.0. The predicted molar refractivity (Wildman–Crippen MR) is 240 cm³/mol. The van der Waals surface area contributed by atoms with Crippen molar-refractivity contribution >= 4 is 95.3 Å². The molecule has 0 radical (unpaired) electrons. The first kappa shape index (κ1) is 26.1. The van der Waals surface area contributed by atoms with Gasteiger partial charge in [0, 0.05) is 57.0 Å². The summed E-state index contributed by atoms with van der Waals surface area (Å²) < 4.78 is 59.3. The van der Waals surface area contributed by atoms with E-state index in [0.717, 1.165) is 53.5 Å². The molecule has 0 bridgehead atoms. The molecule has 260 valence electrons. The molecule has 0 aliphatic heterocycles. The normalized spacial score (nSPS) is 13.4. The van der Waals surface area contributed by atoms with Crippen LogP contribution in [0.15, 0.2) is 176 Å². The summed E-state index contributed by atoms with van der Waals surface area (Å²) in [6, 6.07) is 45.5. The maximum absolute atomic E-state index is 9.75. The van der Waals surface area contributed by atoms with Gasteiger partial charge in [0.15, 0.2) is 17.5 Å². The third-order valence-corrected chi connectivity index (χ3v) is 12.9. The van der Waals surface area contributed by atoms with Crippen molar-refractivity contribution in [3.05, 3.63) is 176 Å². The van der Waals surface area contributed by atoms with E-state index in [2.05, 4.69) is 60.7 Å². The second kappa shape index (κ2) is 12.4. The first-order valence-corrected chi connectivity index (χ1v) is 19.9. The highest BCUT2D eigenvalue weighted by Gasteiger charge is 2.17. The Hall–Kier alpha value is -6.79. The van der Waals surface area contributed by atoms with Crippen molar-refractivity contribution in [1.82, 2.24) is 15.0 Å². The fraction of sp³-hybridized carbons (Fsp3) is 0. The molecule has 0 saturated heterocycles. The predicted octanol–water partition coefficient (Wildman–Crippen LogP) is 14.7. The highest BCUT2D eigenvalue weighted by Crippen LogP contribution is 2.44. The minimum Gasteiger partial charge on any atom is -0.208 e. The van der Waals surface area contributed by atoms with E-state index in [0.29, 0.717) is 37.6 Å². The average Bonchev–Trinajstić information content (AvgIpc) is 3.90. The number of hydrogen-bond acceptors (Lipinski definition) is 5. The number of rotatable bonds is 4. The van der Waals surface area contributed by atoms with Gasteiger partial charge >= 0.3 is 0 Å². The van der Waals surface area contributed by atoms with E-state index >= 15 is 0 Å². The Morgan fingerprint density at radius 2 is 0.946 bits per heavy atom. The Morgan fingerprint density at radius 3 is 1.71 bits per heavy atom. The summed E-state index contributed by atoms with van der Waals surface area (Å²) >= 11 is 2.90. The van der Waals surface area contributed by atoms with E-state index in [1.165, 1.54) is 21.4 Å². The molecule has 12 aromatic rings. The number of benzene rings is 9. The summed E-state index contributed by atoms with van der Waals surface area (Å²) in [5.74, 6) is 0.837. The van der Waals surface area contributed by atoms with Gasteiger partial charge in [-0.2, -0.15) is 0 Å². The van der Waals surface area contributed by atoms with Gasteiger partial charge in [0.1, 0.15) is 0 Å². The Kier molecular flexibility index (Phi) is 5.76. The number of fused-ring (bicyclic) bond motifs is 12. The molecule has 0 aliphatic carbocycles. The molecule has 0 aliphatic rings. The molecule has 0 fully saturated rings. The fourth-order valence-corrected chi connectivity index (χ4v) is 10.3. The van der Waals surface area contributed by atoms with Crippen LogP contribution >= 0.6 is 22.7 Å². The lowest BCUT2D eigenvalue weighted by molar-refractivity contribution is 1.08. The summed E-state index contributed by atoms with van der Waals surface area (Å²) in [5, 5.41) is 9.33. The van der Waals surface area contributed by atoms with E-state index in [1.807, 2.05) is 78.9 Å². The molecule has 0 N–H and O–H groups in total. The molecule has 3 heterocycles. The van der Waals surface area contributed by atoms with E-state index in [1.54, 1.807) is 11.3 Å².